The van der Waals surface area contributed by atoms with Crippen LogP contribution in [0.15, 0.2) is 30.3 Å². The van der Waals surface area contributed by atoms with Crippen molar-refractivity contribution in [2.75, 3.05) is 0 Å². The van der Waals surface area contributed by atoms with Crippen molar-refractivity contribution in [3.05, 3.63) is 52.3 Å². The van der Waals surface area contributed by atoms with Gasteiger partial charge in [0.25, 0.3) is 0 Å². The van der Waals surface area contributed by atoms with E-state index in [1.165, 1.54) is 19.1 Å². The van der Waals surface area contributed by atoms with Crippen LogP contribution < -0.4 is 0 Å². The number of halogens is 5. The van der Waals surface area contributed by atoms with E-state index in [1.54, 1.807) is 0 Å². The first kappa shape index (κ1) is 14.7. The number of aryl methyl sites for hydroxylation is 1. The Bertz CT molecular complexity index is 665. The number of rotatable bonds is 1. The Morgan fingerprint density at radius 1 is 1.05 bits per heavy atom. The third kappa shape index (κ3) is 2.72. The quantitative estimate of drug-likeness (QED) is 0.720. The summed E-state index contributed by atoms with van der Waals surface area (Å²) in [6.07, 6.45) is -4.44. The molecule has 106 valence electrons. The molecule has 2 rings (SSSR count). The summed E-state index contributed by atoms with van der Waals surface area (Å²) in [4.78, 5) is 0. The number of phenols is 1. The van der Waals surface area contributed by atoms with Crippen LogP contribution in [-0.2, 0) is 6.18 Å². The summed E-state index contributed by atoms with van der Waals surface area (Å²) in [5, 5.41) is 9.49. The molecule has 1 N–H and O–H groups in total. The van der Waals surface area contributed by atoms with E-state index < -0.39 is 17.6 Å². The van der Waals surface area contributed by atoms with Crippen LogP contribution in [0.1, 0.15) is 11.1 Å². The van der Waals surface area contributed by atoms with Gasteiger partial charge in [0, 0.05) is 11.6 Å². The Morgan fingerprint density at radius 2 is 1.70 bits per heavy atom. The maximum absolute atomic E-state index is 13.2. The zero-order chi connectivity index (χ0) is 15.1. The van der Waals surface area contributed by atoms with E-state index in [1.807, 2.05) is 0 Å². The molecular weight excluding hydrogens is 296 g/mol. The molecule has 0 fully saturated rings. The van der Waals surface area contributed by atoms with E-state index in [0.29, 0.717) is 11.1 Å². The Kier molecular flexibility index (Phi) is 3.65. The molecule has 6 heteroatoms. The van der Waals surface area contributed by atoms with Crippen molar-refractivity contribution >= 4 is 11.6 Å². The third-order valence-corrected chi connectivity index (χ3v) is 3.17. The van der Waals surface area contributed by atoms with Crippen LogP contribution in [0.2, 0.25) is 5.02 Å². The van der Waals surface area contributed by atoms with Gasteiger partial charge in [0.1, 0.15) is 11.6 Å². The molecule has 0 unspecified atom stereocenters. The van der Waals surface area contributed by atoms with E-state index >= 15 is 0 Å². The second kappa shape index (κ2) is 4.98. The van der Waals surface area contributed by atoms with Gasteiger partial charge in [0.15, 0.2) is 0 Å². The minimum atomic E-state index is -4.44. The van der Waals surface area contributed by atoms with E-state index in [2.05, 4.69) is 0 Å². The average molecular weight is 305 g/mol. The Balaban J connectivity index is 2.57. The highest BCUT2D eigenvalue weighted by molar-refractivity contribution is 6.31. The van der Waals surface area contributed by atoms with Gasteiger partial charge in [-0.1, -0.05) is 17.7 Å². The van der Waals surface area contributed by atoms with Gasteiger partial charge in [-0.25, -0.2) is 4.39 Å². The number of phenolic OH excluding ortho intramolecular Hbond substituents is 1. The van der Waals surface area contributed by atoms with E-state index in [9.17, 15) is 22.7 Å². The number of benzene rings is 2. The maximum Gasteiger partial charge on any atom is 0.416 e. The predicted molar refractivity (Wildman–Crippen MR) is 68.2 cm³/mol. The molecule has 0 aliphatic heterocycles. The second-order valence-electron chi connectivity index (χ2n) is 4.31. The molecule has 2 aromatic carbocycles. The Hall–Kier alpha value is -1.75. The lowest BCUT2D eigenvalue weighted by Crippen LogP contribution is -2.05. The summed E-state index contributed by atoms with van der Waals surface area (Å²) < 4.78 is 50.9. The molecule has 20 heavy (non-hydrogen) atoms. The standard InChI is InChI=1S/C14H9ClF4O/c1-7-4-8(14(17,18)19)2-3-9(7)10-5-11(15)12(16)6-13(10)20/h2-6,20H,1H3. The minimum Gasteiger partial charge on any atom is -0.507 e. The smallest absolute Gasteiger partial charge is 0.416 e. The highest BCUT2D eigenvalue weighted by Gasteiger charge is 2.30. The van der Waals surface area contributed by atoms with E-state index in [0.717, 1.165) is 18.2 Å². The monoisotopic (exact) mass is 304 g/mol. The molecule has 0 saturated carbocycles. The lowest BCUT2D eigenvalue weighted by Gasteiger charge is -2.12. The van der Waals surface area contributed by atoms with Crippen molar-refractivity contribution < 1.29 is 22.7 Å². The van der Waals surface area contributed by atoms with E-state index in [-0.39, 0.29) is 16.3 Å². The van der Waals surface area contributed by atoms with Gasteiger partial charge in [-0.15, -0.1) is 0 Å². The molecule has 0 spiro atoms. The van der Waals surface area contributed by atoms with Gasteiger partial charge in [0.05, 0.1) is 10.6 Å². The van der Waals surface area contributed by atoms with Gasteiger partial charge in [-0.3, -0.25) is 0 Å². The lowest BCUT2D eigenvalue weighted by atomic mass is 9.97. The molecule has 0 aliphatic carbocycles. The summed E-state index contributed by atoms with van der Waals surface area (Å²) >= 11 is 5.63. The van der Waals surface area contributed by atoms with Crippen molar-refractivity contribution in [1.82, 2.24) is 0 Å². The van der Waals surface area contributed by atoms with Crippen molar-refractivity contribution in [2.24, 2.45) is 0 Å². The molecule has 0 atom stereocenters. The van der Waals surface area contributed by atoms with E-state index in [4.69, 9.17) is 11.6 Å². The first-order valence-electron chi connectivity index (χ1n) is 5.56. The first-order valence-corrected chi connectivity index (χ1v) is 5.94. The number of aromatic hydroxyl groups is 1. The van der Waals surface area contributed by atoms with Gasteiger partial charge >= 0.3 is 6.18 Å². The molecule has 0 heterocycles. The summed E-state index contributed by atoms with van der Waals surface area (Å²) in [6.45, 7) is 1.47. The van der Waals surface area contributed by atoms with Crippen LogP contribution in [0.4, 0.5) is 17.6 Å². The van der Waals surface area contributed by atoms with Crippen LogP contribution in [0, 0.1) is 12.7 Å². The summed E-state index contributed by atoms with van der Waals surface area (Å²) in [6, 6.07) is 5.10. The molecule has 0 radical (unpaired) electrons. The summed E-state index contributed by atoms with van der Waals surface area (Å²) in [7, 11) is 0. The van der Waals surface area contributed by atoms with Crippen molar-refractivity contribution in [3.8, 4) is 16.9 Å². The SMILES string of the molecule is Cc1cc(C(F)(F)F)ccc1-c1cc(Cl)c(F)cc1O. The predicted octanol–water partition coefficient (Wildman–Crippen LogP) is 5.18. The van der Waals surface area contributed by atoms with Crippen LogP contribution in [-0.4, -0.2) is 5.11 Å². The van der Waals surface area contributed by atoms with Gasteiger partial charge in [-0.05, 0) is 36.2 Å². The first-order chi connectivity index (χ1) is 9.20. The second-order valence-corrected chi connectivity index (χ2v) is 4.72. The summed E-state index contributed by atoms with van der Waals surface area (Å²) in [5.41, 5.74) is 0.0595. The lowest BCUT2D eigenvalue weighted by molar-refractivity contribution is -0.137. The molecule has 0 bridgehead atoms. The van der Waals surface area contributed by atoms with Crippen LogP contribution in [0.25, 0.3) is 11.1 Å². The van der Waals surface area contributed by atoms with Crippen LogP contribution in [0.5, 0.6) is 5.75 Å². The Morgan fingerprint density at radius 3 is 2.25 bits per heavy atom. The topological polar surface area (TPSA) is 20.2 Å². The fourth-order valence-corrected chi connectivity index (χ4v) is 2.06. The fraction of sp³-hybridized carbons (Fsp3) is 0.143. The van der Waals surface area contributed by atoms with Crippen LogP contribution >= 0.6 is 11.6 Å². The zero-order valence-corrected chi connectivity index (χ0v) is 11.0. The molecule has 0 saturated heterocycles. The van der Waals surface area contributed by atoms with Crippen molar-refractivity contribution in [2.45, 2.75) is 13.1 Å². The minimum absolute atomic E-state index is 0.183. The number of hydrogen-bond donors (Lipinski definition) is 1. The van der Waals surface area contributed by atoms with Gasteiger partial charge < -0.3 is 5.11 Å². The van der Waals surface area contributed by atoms with Crippen molar-refractivity contribution in [1.29, 1.82) is 0 Å². The maximum atomic E-state index is 13.2. The van der Waals surface area contributed by atoms with Gasteiger partial charge in [-0.2, -0.15) is 13.2 Å². The molecule has 1 nitrogen and oxygen atoms in total. The number of alkyl halides is 3. The summed E-state index contributed by atoms with van der Waals surface area (Å²) in [5.74, 6) is -1.17. The van der Waals surface area contributed by atoms with Crippen molar-refractivity contribution in [3.63, 3.8) is 0 Å². The number of hydrogen-bond acceptors (Lipinski definition) is 1. The highest BCUT2D eigenvalue weighted by atomic mass is 35.5. The third-order valence-electron chi connectivity index (χ3n) is 2.88. The molecule has 0 aromatic heterocycles. The average Bonchev–Trinajstić information content (AvgIpc) is 2.33. The largest absolute Gasteiger partial charge is 0.507 e. The highest BCUT2D eigenvalue weighted by Crippen LogP contribution is 2.37. The van der Waals surface area contributed by atoms with Gasteiger partial charge in [0.2, 0.25) is 0 Å². The fourth-order valence-electron chi connectivity index (χ4n) is 1.89. The molecule has 0 aliphatic rings. The molecule has 0 amide bonds. The normalized spacial score (nSPS) is 11.7. The molecule has 2 aromatic rings. The molecular formula is C14H9ClF4O. The Labute approximate surface area is 117 Å². The van der Waals surface area contributed by atoms with Crippen LogP contribution in [0.3, 0.4) is 0 Å². The zero-order valence-electron chi connectivity index (χ0n) is 10.2.